The van der Waals surface area contributed by atoms with Gasteiger partial charge < -0.3 is 15.4 Å². The van der Waals surface area contributed by atoms with Crippen molar-refractivity contribution in [3.63, 3.8) is 0 Å². The molecule has 0 saturated carbocycles. The molecule has 6 nitrogen and oxygen atoms in total. The van der Waals surface area contributed by atoms with E-state index < -0.39 is 26.1 Å². The molecule has 0 saturated heterocycles. The molecule has 0 aliphatic heterocycles. The topological polar surface area (TPSA) is 84.5 Å². The molecule has 30 heavy (non-hydrogen) atoms. The Hall–Kier alpha value is -2.15. The van der Waals surface area contributed by atoms with Crippen LogP contribution in [0.2, 0.25) is 25.7 Å². The summed E-state index contributed by atoms with van der Waals surface area (Å²) in [5.41, 5.74) is 1.90. The molecule has 1 aromatic rings. The molecule has 2 N–H and O–H groups in total. The van der Waals surface area contributed by atoms with Crippen LogP contribution in [-0.2, 0) is 20.7 Å². The minimum atomic E-state index is -1.30. The lowest BCUT2D eigenvalue weighted by atomic mass is 9.93. The van der Waals surface area contributed by atoms with Crippen LogP contribution >= 0.6 is 0 Å². The van der Waals surface area contributed by atoms with E-state index in [4.69, 9.17) is 4.74 Å². The number of alkyl carbamates (subject to hydrolysis) is 1. The summed E-state index contributed by atoms with van der Waals surface area (Å²) in [6.07, 6.45) is 0.411. The smallest absolute Gasteiger partial charge is 0.407 e. The van der Waals surface area contributed by atoms with Crippen LogP contribution in [0.3, 0.4) is 0 Å². The second-order valence-corrected chi connectivity index (χ2v) is 15.0. The van der Waals surface area contributed by atoms with Gasteiger partial charge in [-0.05, 0) is 36.1 Å². The predicted molar refractivity (Wildman–Crippen MR) is 125 cm³/mol. The van der Waals surface area contributed by atoms with E-state index in [1.54, 1.807) is 6.92 Å². The summed E-state index contributed by atoms with van der Waals surface area (Å²) in [5, 5.41) is 5.53. The predicted octanol–water partition coefficient (Wildman–Crippen LogP) is 4.87. The van der Waals surface area contributed by atoms with Gasteiger partial charge in [-0.1, -0.05) is 59.5 Å². The standard InChI is InChI=1S/C23H38N2O4Si/c1-8-18-9-11-19(12-10-18)24-22(27)17(4)15-20(26)21(16(2)3)25-23(28)29-13-14-30(5,6)7/h9-12,16-17,21H,8,13-15H2,1-7H3,(H,24,27)(H,25,28)/t17-,21+/m1/s1. The van der Waals surface area contributed by atoms with Gasteiger partial charge in [0.25, 0.3) is 0 Å². The molecule has 1 rings (SSSR count). The van der Waals surface area contributed by atoms with E-state index in [2.05, 4.69) is 37.2 Å². The second-order valence-electron chi connectivity index (χ2n) is 9.42. The van der Waals surface area contributed by atoms with E-state index in [-0.39, 0.29) is 24.0 Å². The van der Waals surface area contributed by atoms with Crippen LogP contribution < -0.4 is 10.6 Å². The third-order valence-corrected chi connectivity index (χ3v) is 6.66. The first-order chi connectivity index (χ1) is 13.9. The summed E-state index contributed by atoms with van der Waals surface area (Å²) in [4.78, 5) is 37.4. The molecule has 168 valence electrons. The van der Waals surface area contributed by atoms with E-state index >= 15 is 0 Å². The van der Waals surface area contributed by atoms with Crippen LogP contribution in [0.15, 0.2) is 24.3 Å². The lowest BCUT2D eigenvalue weighted by Gasteiger charge is -2.23. The first-order valence-corrected chi connectivity index (χ1v) is 14.5. The van der Waals surface area contributed by atoms with Crippen molar-refractivity contribution in [3.05, 3.63) is 29.8 Å². The maximum atomic E-state index is 12.8. The van der Waals surface area contributed by atoms with Gasteiger partial charge in [0.2, 0.25) is 5.91 Å². The van der Waals surface area contributed by atoms with Crippen LogP contribution in [0.4, 0.5) is 10.5 Å². The van der Waals surface area contributed by atoms with Gasteiger partial charge in [-0.2, -0.15) is 0 Å². The summed E-state index contributed by atoms with van der Waals surface area (Å²) in [5.74, 6) is -0.989. The monoisotopic (exact) mass is 434 g/mol. The summed E-state index contributed by atoms with van der Waals surface area (Å²) < 4.78 is 5.25. The Morgan fingerprint density at radius 1 is 1.03 bits per heavy atom. The molecule has 0 radical (unpaired) electrons. The normalized spacial score (nSPS) is 13.5. The van der Waals surface area contributed by atoms with Crippen LogP contribution in [-0.4, -0.2) is 38.5 Å². The lowest BCUT2D eigenvalue weighted by Crippen LogP contribution is -2.45. The van der Waals surface area contributed by atoms with E-state index in [9.17, 15) is 14.4 Å². The van der Waals surface area contributed by atoms with Crippen molar-refractivity contribution in [2.75, 3.05) is 11.9 Å². The average Bonchev–Trinajstić information content (AvgIpc) is 2.65. The van der Waals surface area contributed by atoms with Gasteiger partial charge in [0.05, 0.1) is 12.6 Å². The first kappa shape index (κ1) is 25.9. The fourth-order valence-corrected chi connectivity index (χ4v) is 3.56. The minimum absolute atomic E-state index is 0.0525. The van der Waals surface area contributed by atoms with Gasteiger partial charge in [-0.3, -0.25) is 9.59 Å². The van der Waals surface area contributed by atoms with E-state index in [0.717, 1.165) is 12.5 Å². The Labute approximate surface area is 182 Å². The zero-order valence-electron chi connectivity index (χ0n) is 19.5. The zero-order valence-corrected chi connectivity index (χ0v) is 20.5. The summed E-state index contributed by atoms with van der Waals surface area (Å²) in [6, 6.07) is 7.86. The molecule has 0 spiro atoms. The summed E-state index contributed by atoms with van der Waals surface area (Å²) in [6.45, 7) is 14.5. The van der Waals surface area contributed by atoms with Crippen LogP contribution in [0.5, 0.6) is 0 Å². The van der Waals surface area contributed by atoms with Gasteiger partial charge in [-0.15, -0.1) is 0 Å². The van der Waals surface area contributed by atoms with E-state index in [0.29, 0.717) is 12.3 Å². The van der Waals surface area contributed by atoms with E-state index in [1.807, 2.05) is 38.1 Å². The van der Waals surface area contributed by atoms with Gasteiger partial charge >= 0.3 is 6.09 Å². The van der Waals surface area contributed by atoms with Crippen molar-refractivity contribution in [1.82, 2.24) is 5.32 Å². The van der Waals surface area contributed by atoms with Gasteiger partial charge in [0.1, 0.15) is 0 Å². The third kappa shape index (κ3) is 9.56. The fourth-order valence-electron chi connectivity index (χ4n) is 2.85. The van der Waals surface area contributed by atoms with Gasteiger partial charge in [0.15, 0.2) is 5.78 Å². The number of ketones is 1. The van der Waals surface area contributed by atoms with Crippen molar-refractivity contribution in [2.45, 2.75) is 72.3 Å². The number of anilines is 1. The van der Waals surface area contributed by atoms with Gasteiger partial charge in [-0.25, -0.2) is 4.79 Å². The molecule has 2 amide bonds. The Bertz CT molecular complexity index is 711. The maximum absolute atomic E-state index is 12.8. The molecule has 0 aromatic heterocycles. The Balaban J connectivity index is 2.59. The summed E-state index contributed by atoms with van der Waals surface area (Å²) >= 11 is 0. The number of rotatable bonds is 11. The van der Waals surface area contributed by atoms with Crippen molar-refractivity contribution in [3.8, 4) is 0 Å². The molecule has 0 heterocycles. The number of carbonyl (C=O) groups excluding carboxylic acids is 3. The highest BCUT2D eigenvalue weighted by molar-refractivity contribution is 6.76. The number of aryl methyl sites for hydroxylation is 1. The molecule has 0 bridgehead atoms. The highest BCUT2D eigenvalue weighted by atomic mass is 28.3. The minimum Gasteiger partial charge on any atom is -0.450 e. The molecule has 0 aliphatic rings. The molecule has 2 atom stereocenters. The maximum Gasteiger partial charge on any atom is 0.407 e. The highest BCUT2D eigenvalue weighted by Crippen LogP contribution is 2.15. The molecule has 7 heteroatoms. The van der Waals surface area contributed by atoms with Crippen molar-refractivity contribution >= 4 is 31.5 Å². The number of carbonyl (C=O) groups is 3. The molecular formula is C23H38N2O4Si. The largest absolute Gasteiger partial charge is 0.450 e. The number of nitrogens with one attached hydrogen (secondary N) is 2. The quantitative estimate of drug-likeness (QED) is 0.487. The number of Topliss-reactive ketones (excluding diaryl/α,β-unsaturated/α-hetero) is 1. The Morgan fingerprint density at radius 3 is 2.13 bits per heavy atom. The second kappa shape index (κ2) is 11.9. The van der Waals surface area contributed by atoms with Crippen LogP contribution in [0.25, 0.3) is 0 Å². The van der Waals surface area contributed by atoms with Crippen molar-refractivity contribution in [1.29, 1.82) is 0 Å². The van der Waals surface area contributed by atoms with Crippen LogP contribution in [0.1, 0.15) is 39.7 Å². The van der Waals surface area contributed by atoms with E-state index in [1.165, 1.54) is 5.56 Å². The summed E-state index contributed by atoms with van der Waals surface area (Å²) in [7, 11) is -1.30. The number of ether oxygens (including phenoxy) is 1. The van der Waals surface area contributed by atoms with Crippen molar-refractivity contribution < 1.29 is 19.1 Å². The Morgan fingerprint density at radius 2 is 1.63 bits per heavy atom. The molecular weight excluding hydrogens is 396 g/mol. The third-order valence-electron chi connectivity index (χ3n) is 4.96. The van der Waals surface area contributed by atoms with Crippen molar-refractivity contribution in [2.24, 2.45) is 11.8 Å². The Kier molecular flexibility index (Phi) is 10.3. The fraction of sp³-hybridized carbons (Fsp3) is 0.609. The number of hydrogen-bond acceptors (Lipinski definition) is 4. The number of hydrogen-bond donors (Lipinski definition) is 2. The number of amides is 2. The number of benzene rings is 1. The lowest BCUT2D eigenvalue weighted by molar-refractivity contribution is -0.127. The molecule has 0 fully saturated rings. The SMILES string of the molecule is CCc1ccc(NC(=O)[C@H](C)CC(=O)[C@@H](NC(=O)OCC[Si](C)(C)C)C(C)C)cc1. The first-order valence-electron chi connectivity index (χ1n) is 10.8. The highest BCUT2D eigenvalue weighted by Gasteiger charge is 2.28. The van der Waals surface area contributed by atoms with Crippen LogP contribution in [0, 0.1) is 11.8 Å². The zero-order chi connectivity index (χ0) is 22.9. The molecule has 0 unspecified atom stereocenters. The average molecular weight is 435 g/mol. The molecule has 0 aliphatic carbocycles. The van der Waals surface area contributed by atoms with Gasteiger partial charge in [0, 0.05) is 26.1 Å². The molecule has 1 aromatic carbocycles.